The van der Waals surface area contributed by atoms with Crippen LogP contribution in [0, 0.1) is 10.1 Å². The largest absolute Gasteiger partial charge is 0.478 e. The molecule has 0 radical (unpaired) electrons. The van der Waals surface area contributed by atoms with Crippen LogP contribution < -0.4 is 10.6 Å². The summed E-state index contributed by atoms with van der Waals surface area (Å²) >= 11 is 4.99. The van der Waals surface area contributed by atoms with Gasteiger partial charge in [0.15, 0.2) is 5.11 Å². The average molecular weight is 371 g/mol. The lowest BCUT2D eigenvalue weighted by Gasteiger charge is -2.08. The highest BCUT2D eigenvalue weighted by Gasteiger charge is 2.07. The van der Waals surface area contributed by atoms with Crippen molar-refractivity contribution < 1.29 is 19.6 Å². The number of non-ortho nitro benzene ring substituents is 1. The van der Waals surface area contributed by atoms with Crippen LogP contribution in [0.2, 0.25) is 0 Å². The third-order valence-electron chi connectivity index (χ3n) is 3.11. The van der Waals surface area contributed by atoms with Crippen molar-refractivity contribution in [2.75, 3.05) is 5.32 Å². The Morgan fingerprint density at radius 1 is 1.15 bits per heavy atom. The topological polar surface area (TPSA) is 122 Å². The van der Waals surface area contributed by atoms with Gasteiger partial charge in [0.05, 0.1) is 10.5 Å². The van der Waals surface area contributed by atoms with Crippen LogP contribution in [0.5, 0.6) is 0 Å². The number of carbonyl (C=O) groups is 2. The number of thiocarbonyl (C=S) groups is 1. The normalized spacial score (nSPS) is 10.3. The minimum absolute atomic E-state index is 0.0127. The fourth-order valence-electron chi connectivity index (χ4n) is 1.96. The van der Waals surface area contributed by atoms with Gasteiger partial charge in [0, 0.05) is 23.9 Å². The van der Waals surface area contributed by atoms with Crippen LogP contribution in [0.25, 0.3) is 6.08 Å². The Kier molecular flexibility index (Phi) is 6.12. The van der Waals surface area contributed by atoms with Crippen LogP contribution >= 0.6 is 12.2 Å². The second kappa shape index (κ2) is 8.49. The number of nitrogens with zero attached hydrogens (tertiary/aromatic N) is 1. The van der Waals surface area contributed by atoms with E-state index < -0.39 is 16.8 Å². The summed E-state index contributed by atoms with van der Waals surface area (Å²) in [5, 5.41) is 24.7. The molecule has 0 atom stereocenters. The van der Waals surface area contributed by atoms with Crippen molar-refractivity contribution in [2.45, 2.75) is 0 Å². The lowest BCUT2D eigenvalue weighted by atomic mass is 10.2. The van der Waals surface area contributed by atoms with Crippen LogP contribution in [0.3, 0.4) is 0 Å². The summed E-state index contributed by atoms with van der Waals surface area (Å²) in [5.41, 5.74) is 0.901. The zero-order valence-electron chi connectivity index (χ0n) is 13.2. The highest BCUT2D eigenvalue weighted by molar-refractivity contribution is 7.80. The molecule has 0 bridgehead atoms. The molecule has 0 heterocycles. The number of nitro benzene ring substituents is 1. The Morgan fingerprint density at radius 2 is 1.88 bits per heavy atom. The number of aromatic carboxylic acids is 1. The number of benzene rings is 2. The number of hydrogen-bond donors (Lipinski definition) is 3. The van der Waals surface area contributed by atoms with E-state index in [0.717, 1.165) is 0 Å². The van der Waals surface area contributed by atoms with Gasteiger partial charge < -0.3 is 10.4 Å². The summed E-state index contributed by atoms with van der Waals surface area (Å²) in [4.78, 5) is 33.0. The molecular weight excluding hydrogens is 358 g/mol. The molecule has 0 spiro atoms. The zero-order chi connectivity index (χ0) is 19.1. The highest BCUT2D eigenvalue weighted by atomic mass is 32.1. The van der Waals surface area contributed by atoms with Gasteiger partial charge in [0.1, 0.15) is 0 Å². The molecule has 0 aliphatic rings. The number of anilines is 1. The molecular formula is C17H13N3O5S. The molecule has 0 saturated carbocycles. The molecule has 26 heavy (non-hydrogen) atoms. The number of nitro groups is 1. The summed E-state index contributed by atoms with van der Waals surface area (Å²) in [5.74, 6) is -1.62. The lowest BCUT2D eigenvalue weighted by Crippen LogP contribution is -2.32. The van der Waals surface area contributed by atoms with Gasteiger partial charge in [-0.3, -0.25) is 20.2 Å². The van der Waals surface area contributed by atoms with Gasteiger partial charge in [0.25, 0.3) is 5.69 Å². The molecule has 0 aliphatic carbocycles. The molecule has 2 aromatic carbocycles. The van der Waals surface area contributed by atoms with Gasteiger partial charge in [-0.1, -0.05) is 18.2 Å². The first-order valence-corrected chi connectivity index (χ1v) is 7.64. The molecule has 0 aliphatic heterocycles. The molecule has 1 amide bonds. The van der Waals surface area contributed by atoms with E-state index in [-0.39, 0.29) is 16.4 Å². The van der Waals surface area contributed by atoms with Crippen LogP contribution in [0.4, 0.5) is 11.4 Å². The minimum atomic E-state index is -1.08. The fourth-order valence-corrected chi connectivity index (χ4v) is 2.18. The van der Waals surface area contributed by atoms with Crippen LogP contribution in [0.1, 0.15) is 15.9 Å². The third kappa shape index (κ3) is 5.49. The maximum atomic E-state index is 11.9. The summed E-state index contributed by atoms with van der Waals surface area (Å²) in [7, 11) is 0. The number of carboxylic acid groups (broad SMARTS) is 1. The van der Waals surface area contributed by atoms with Gasteiger partial charge in [-0.15, -0.1) is 0 Å². The summed E-state index contributed by atoms with van der Waals surface area (Å²) < 4.78 is 0. The number of carboxylic acids is 1. The number of carbonyl (C=O) groups excluding carboxylic acids is 1. The average Bonchev–Trinajstić information content (AvgIpc) is 2.60. The van der Waals surface area contributed by atoms with E-state index >= 15 is 0 Å². The number of hydrogen-bond acceptors (Lipinski definition) is 5. The number of amides is 1. The van der Waals surface area contributed by atoms with Gasteiger partial charge in [-0.05, 0) is 42.1 Å². The van der Waals surface area contributed by atoms with E-state index in [1.807, 2.05) is 0 Å². The number of nitrogens with one attached hydrogen (secondary N) is 2. The van der Waals surface area contributed by atoms with Crippen molar-refractivity contribution in [1.29, 1.82) is 0 Å². The van der Waals surface area contributed by atoms with E-state index in [2.05, 4.69) is 10.6 Å². The second-order valence-corrected chi connectivity index (χ2v) is 5.42. The van der Waals surface area contributed by atoms with Crippen molar-refractivity contribution in [3.63, 3.8) is 0 Å². The lowest BCUT2D eigenvalue weighted by molar-refractivity contribution is -0.384. The monoisotopic (exact) mass is 371 g/mol. The van der Waals surface area contributed by atoms with Gasteiger partial charge in [-0.25, -0.2) is 4.79 Å². The van der Waals surface area contributed by atoms with Crippen molar-refractivity contribution in [1.82, 2.24) is 5.32 Å². The van der Waals surface area contributed by atoms with Gasteiger partial charge >= 0.3 is 5.97 Å². The molecule has 8 nitrogen and oxygen atoms in total. The molecule has 3 N–H and O–H groups in total. The van der Waals surface area contributed by atoms with Crippen LogP contribution in [0.15, 0.2) is 54.6 Å². The summed E-state index contributed by atoms with van der Waals surface area (Å²) in [6.07, 6.45) is 2.59. The molecule has 2 aromatic rings. The summed E-state index contributed by atoms with van der Waals surface area (Å²) in [6, 6.07) is 11.8. The van der Waals surface area contributed by atoms with Gasteiger partial charge in [-0.2, -0.15) is 0 Å². The van der Waals surface area contributed by atoms with Crippen molar-refractivity contribution >= 4 is 46.7 Å². The van der Waals surface area contributed by atoms with Crippen molar-refractivity contribution in [2.24, 2.45) is 0 Å². The fraction of sp³-hybridized carbons (Fsp3) is 0. The van der Waals surface area contributed by atoms with E-state index in [1.54, 1.807) is 18.2 Å². The first-order valence-electron chi connectivity index (χ1n) is 7.23. The standard InChI is InChI=1S/C17H13N3O5S/c21-15(8-7-11-3-1-6-14(9-11)20(24)25)19-17(26)18-13-5-2-4-12(10-13)16(22)23/h1-10H,(H,22,23)(H2,18,19,21,26)/b8-7+. The zero-order valence-corrected chi connectivity index (χ0v) is 14.0. The smallest absolute Gasteiger partial charge is 0.335 e. The Bertz CT molecular complexity index is 911. The first-order chi connectivity index (χ1) is 12.3. The van der Waals surface area contributed by atoms with Crippen LogP contribution in [-0.2, 0) is 4.79 Å². The van der Waals surface area contributed by atoms with E-state index in [0.29, 0.717) is 11.3 Å². The molecule has 2 rings (SSSR count). The molecule has 0 fully saturated rings. The SMILES string of the molecule is O=C(/C=C/c1cccc([N+](=O)[O-])c1)NC(=S)Nc1cccc(C(=O)O)c1. The highest BCUT2D eigenvalue weighted by Crippen LogP contribution is 2.14. The molecule has 0 unspecified atom stereocenters. The molecule has 132 valence electrons. The third-order valence-corrected chi connectivity index (χ3v) is 3.32. The molecule has 0 aromatic heterocycles. The predicted octanol–water partition coefficient (Wildman–Crippen LogP) is 2.82. The quantitative estimate of drug-likeness (QED) is 0.320. The Hall–Kier alpha value is -3.59. The van der Waals surface area contributed by atoms with E-state index in [4.69, 9.17) is 17.3 Å². The Morgan fingerprint density at radius 3 is 2.58 bits per heavy atom. The van der Waals surface area contributed by atoms with E-state index in [1.165, 1.54) is 42.5 Å². The first kappa shape index (κ1) is 18.7. The Labute approximate surface area is 153 Å². The molecule has 9 heteroatoms. The summed E-state index contributed by atoms with van der Waals surface area (Å²) in [6.45, 7) is 0. The molecule has 0 saturated heterocycles. The predicted molar refractivity (Wildman–Crippen MR) is 99.9 cm³/mol. The van der Waals surface area contributed by atoms with Crippen LogP contribution in [-0.4, -0.2) is 27.0 Å². The van der Waals surface area contributed by atoms with Crippen molar-refractivity contribution in [3.05, 3.63) is 75.8 Å². The van der Waals surface area contributed by atoms with E-state index in [9.17, 15) is 19.7 Å². The van der Waals surface area contributed by atoms with Gasteiger partial charge in [0.2, 0.25) is 5.91 Å². The maximum Gasteiger partial charge on any atom is 0.335 e. The number of rotatable bonds is 5. The minimum Gasteiger partial charge on any atom is -0.478 e. The second-order valence-electron chi connectivity index (χ2n) is 5.01. The Balaban J connectivity index is 1.96. The maximum absolute atomic E-state index is 11.9. The van der Waals surface area contributed by atoms with Crippen molar-refractivity contribution in [3.8, 4) is 0 Å².